The Balaban J connectivity index is 1.45. The second-order valence-electron chi connectivity index (χ2n) is 6.17. The molecule has 0 saturated carbocycles. The molecule has 5 rings (SSSR count). The van der Waals surface area contributed by atoms with E-state index in [0.29, 0.717) is 28.5 Å². The largest absolute Gasteiger partial charge is 0.355 e. The van der Waals surface area contributed by atoms with Crippen molar-refractivity contribution < 1.29 is 9.32 Å². The standard InChI is InChI=1S/C20H13N7O2/c28-20(25-17-9-18(23-11-22-17)27-12-21-10-24-27)14-6-7-16-15(8-14)19(29-26-16)13-4-2-1-3-5-13/h1-12H,(H,22,23,25,28). The third-order valence-electron chi connectivity index (χ3n) is 4.32. The van der Waals surface area contributed by atoms with Crippen molar-refractivity contribution in [2.45, 2.75) is 0 Å². The Morgan fingerprint density at radius 2 is 1.90 bits per heavy atom. The van der Waals surface area contributed by atoms with Crippen molar-refractivity contribution in [2.75, 3.05) is 5.32 Å². The molecule has 0 unspecified atom stereocenters. The Bertz CT molecular complexity index is 1300. The summed E-state index contributed by atoms with van der Waals surface area (Å²) >= 11 is 0. The zero-order chi connectivity index (χ0) is 19.6. The van der Waals surface area contributed by atoms with Gasteiger partial charge in [-0.25, -0.2) is 19.6 Å². The molecule has 0 aliphatic heterocycles. The van der Waals surface area contributed by atoms with E-state index in [1.807, 2.05) is 30.3 Å². The highest BCUT2D eigenvalue weighted by molar-refractivity contribution is 6.07. The quantitative estimate of drug-likeness (QED) is 0.507. The van der Waals surface area contributed by atoms with Crippen LogP contribution in [0.2, 0.25) is 0 Å². The number of rotatable bonds is 4. The summed E-state index contributed by atoms with van der Waals surface area (Å²) in [6.45, 7) is 0. The molecular formula is C20H13N7O2. The summed E-state index contributed by atoms with van der Waals surface area (Å²) < 4.78 is 6.97. The summed E-state index contributed by atoms with van der Waals surface area (Å²) in [5.74, 6) is 1.15. The number of nitrogens with one attached hydrogen (secondary N) is 1. The molecule has 3 aromatic heterocycles. The van der Waals surface area contributed by atoms with Gasteiger partial charge in [0.2, 0.25) is 0 Å². The van der Waals surface area contributed by atoms with Crippen molar-refractivity contribution >= 4 is 22.6 Å². The van der Waals surface area contributed by atoms with Gasteiger partial charge in [-0.05, 0) is 18.2 Å². The first-order valence-corrected chi connectivity index (χ1v) is 8.71. The number of hydrogen-bond donors (Lipinski definition) is 1. The van der Waals surface area contributed by atoms with Crippen LogP contribution >= 0.6 is 0 Å². The number of aromatic nitrogens is 6. The maximum Gasteiger partial charge on any atom is 0.256 e. The van der Waals surface area contributed by atoms with E-state index in [0.717, 1.165) is 10.9 Å². The number of amides is 1. The SMILES string of the molecule is O=C(Nc1cc(-n2cncn2)ncn1)c1ccc2noc(-c3ccccc3)c2c1. The van der Waals surface area contributed by atoms with Gasteiger partial charge < -0.3 is 9.84 Å². The minimum atomic E-state index is -0.310. The predicted molar refractivity (Wildman–Crippen MR) is 104 cm³/mol. The Labute approximate surface area is 164 Å². The smallest absolute Gasteiger partial charge is 0.256 e. The Kier molecular flexibility index (Phi) is 4.02. The molecule has 3 heterocycles. The number of hydrogen-bond acceptors (Lipinski definition) is 7. The lowest BCUT2D eigenvalue weighted by Gasteiger charge is -2.06. The van der Waals surface area contributed by atoms with E-state index in [1.54, 1.807) is 24.3 Å². The van der Waals surface area contributed by atoms with Crippen LogP contribution in [0.1, 0.15) is 10.4 Å². The first-order chi connectivity index (χ1) is 14.3. The van der Waals surface area contributed by atoms with E-state index in [9.17, 15) is 4.79 Å². The van der Waals surface area contributed by atoms with Crippen molar-refractivity contribution in [3.05, 3.63) is 79.1 Å². The summed E-state index contributed by atoms with van der Waals surface area (Å²) in [4.78, 5) is 24.9. The fourth-order valence-corrected chi connectivity index (χ4v) is 2.94. The van der Waals surface area contributed by atoms with E-state index >= 15 is 0 Å². The first kappa shape index (κ1) is 16.8. The Hall–Kier alpha value is -4.40. The van der Waals surface area contributed by atoms with Crippen LogP contribution in [0.5, 0.6) is 0 Å². The molecule has 29 heavy (non-hydrogen) atoms. The van der Waals surface area contributed by atoms with Crippen molar-refractivity contribution in [1.82, 2.24) is 29.9 Å². The fraction of sp³-hybridized carbons (Fsp3) is 0. The van der Waals surface area contributed by atoms with Gasteiger partial charge in [0.25, 0.3) is 5.91 Å². The average molecular weight is 383 g/mol. The van der Waals surface area contributed by atoms with Crippen molar-refractivity contribution in [3.8, 4) is 17.1 Å². The molecule has 0 fully saturated rings. The predicted octanol–water partition coefficient (Wildman–Crippen LogP) is 3.12. The van der Waals surface area contributed by atoms with Gasteiger partial charge in [0.1, 0.15) is 30.3 Å². The summed E-state index contributed by atoms with van der Waals surface area (Å²) in [6, 6.07) is 16.4. The fourth-order valence-electron chi connectivity index (χ4n) is 2.94. The van der Waals surface area contributed by atoms with Gasteiger partial charge in [-0.2, -0.15) is 5.10 Å². The topological polar surface area (TPSA) is 112 Å². The molecule has 0 saturated heterocycles. The van der Waals surface area contributed by atoms with E-state index in [-0.39, 0.29) is 5.91 Å². The van der Waals surface area contributed by atoms with Crippen LogP contribution in [-0.4, -0.2) is 35.8 Å². The third-order valence-corrected chi connectivity index (χ3v) is 4.32. The Morgan fingerprint density at radius 1 is 1.00 bits per heavy atom. The lowest BCUT2D eigenvalue weighted by molar-refractivity contribution is 0.102. The second-order valence-corrected chi connectivity index (χ2v) is 6.17. The van der Waals surface area contributed by atoms with Crippen LogP contribution in [0.4, 0.5) is 5.82 Å². The molecule has 0 spiro atoms. The van der Waals surface area contributed by atoms with Crippen molar-refractivity contribution in [1.29, 1.82) is 0 Å². The van der Waals surface area contributed by atoms with Gasteiger partial charge in [-0.3, -0.25) is 4.79 Å². The highest BCUT2D eigenvalue weighted by Gasteiger charge is 2.15. The van der Waals surface area contributed by atoms with Gasteiger partial charge in [-0.15, -0.1) is 0 Å². The molecule has 2 aromatic carbocycles. The van der Waals surface area contributed by atoms with E-state index in [4.69, 9.17) is 4.52 Å². The summed E-state index contributed by atoms with van der Waals surface area (Å²) in [7, 11) is 0. The number of fused-ring (bicyclic) bond motifs is 1. The molecule has 140 valence electrons. The van der Waals surface area contributed by atoms with Crippen LogP contribution in [0, 0.1) is 0 Å². The van der Waals surface area contributed by atoms with Gasteiger partial charge in [0, 0.05) is 17.2 Å². The van der Waals surface area contributed by atoms with Crippen LogP contribution in [0.3, 0.4) is 0 Å². The van der Waals surface area contributed by atoms with Crippen LogP contribution in [0.15, 0.2) is 78.1 Å². The molecular weight excluding hydrogens is 370 g/mol. The summed E-state index contributed by atoms with van der Waals surface area (Å²) in [6.07, 6.45) is 4.26. The van der Waals surface area contributed by atoms with E-state index < -0.39 is 0 Å². The molecule has 0 aliphatic rings. The molecule has 1 N–H and O–H groups in total. The molecule has 0 radical (unpaired) electrons. The number of nitrogens with zero attached hydrogens (tertiary/aromatic N) is 6. The van der Waals surface area contributed by atoms with Gasteiger partial charge >= 0.3 is 0 Å². The maximum atomic E-state index is 12.8. The van der Waals surface area contributed by atoms with Gasteiger partial charge in [-0.1, -0.05) is 35.5 Å². The lowest BCUT2D eigenvalue weighted by atomic mass is 10.1. The second kappa shape index (κ2) is 6.97. The highest BCUT2D eigenvalue weighted by Crippen LogP contribution is 2.29. The zero-order valence-corrected chi connectivity index (χ0v) is 14.9. The van der Waals surface area contributed by atoms with Crippen LogP contribution < -0.4 is 5.32 Å². The third kappa shape index (κ3) is 3.21. The average Bonchev–Trinajstić information content (AvgIpc) is 3.44. The van der Waals surface area contributed by atoms with Crippen molar-refractivity contribution in [2.24, 2.45) is 0 Å². The number of carbonyl (C=O) groups is 1. The van der Waals surface area contributed by atoms with Crippen molar-refractivity contribution in [3.63, 3.8) is 0 Å². The highest BCUT2D eigenvalue weighted by atomic mass is 16.5. The van der Waals surface area contributed by atoms with Gasteiger partial charge in [0.05, 0.1) is 5.39 Å². The van der Waals surface area contributed by atoms with Crippen LogP contribution in [0.25, 0.3) is 28.0 Å². The number of benzene rings is 2. The minimum Gasteiger partial charge on any atom is -0.355 e. The normalized spacial score (nSPS) is 10.9. The minimum absolute atomic E-state index is 0.310. The number of anilines is 1. The molecule has 5 aromatic rings. The maximum absolute atomic E-state index is 12.8. The molecule has 0 bridgehead atoms. The summed E-state index contributed by atoms with van der Waals surface area (Å²) in [5.41, 5.74) is 2.02. The number of carbonyl (C=O) groups excluding carboxylic acids is 1. The molecule has 9 heteroatoms. The monoisotopic (exact) mass is 383 g/mol. The first-order valence-electron chi connectivity index (χ1n) is 8.71. The van der Waals surface area contributed by atoms with Gasteiger partial charge in [0.15, 0.2) is 11.6 Å². The van der Waals surface area contributed by atoms with E-state index in [2.05, 4.69) is 30.5 Å². The lowest BCUT2D eigenvalue weighted by Crippen LogP contribution is -2.13. The molecule has 9 nitrogen and oxygen atoms in total. The molecule has 0 atom stereocenters. The Morgan fingerprint density at radius 3 is 2.72 bits per heavy atom. The van der Waals surface area contributed by atoms with E-state index in [1.165, 1.54) is 23.7 Å². The molecule has 0 aliphatic carbocycles. The molecule has 1 amide bonds. The summed E-state index contributed by atoms with van der Waals surface area (Å²) in [5, 5.41) is 11.6. The zero-order valence-electron chi connectivity index (χ0n) is 14.9. The van der Waals surface area contributed by atoms with Crippen LogP contribution in [-0.2, 0) is 0 Å².